The molecule has 0 amide bonds. The summed E-state index contributed by atoms with van der Waals surface area (Å²) >= 11 is 0. The maximum Gasteiger partial charge on any atom is 0.206 e. The highest BCUT2D eigenvalue weighted by Crippen LogP contribution is 2.33. The Labute approximate surface area is 108 Å². The number of sulfone groups is 1. The van der Waals surface area contributed by atoms with Crippen molar-refractivity contribution < 1.29 is 13.2 Å². The second-order valence-electron chi connectivity index (χ2n) is 4.10. The van der Waals surface area contributed by atoms with E-state index in [0.717, 1.165) is 18.4 Å². The van der Waals surface area contributed by atoms with Crippen LogP contribution in [0.4, 0.5) is 0 Å². The SMILES string of the molecule is C/C=C1\CCC=C1S(=O)(=O)c1ccc(OC)cc1. The zero-order valence-electron chi connectivity index (χ0n) is 10.5. The van der Waals surface area contributed by atoms with Gasteiger partial charge in [0.05, 0.1) is 16.9 Å². The van der Waals surface area contributed by atoms with Gasteiger partial charge in [0, 0.05) is 0 Å². The summed E-state index contributed by atoms with van der Waals surface area (Å²) in [7, 11) is -1.83. The number of hydrogen-bond acceptors (Lipinski definition) is 3. The molecule has 0 radical (unpaired) electrons. The van der Waals surface area contributed by atoms with E-state index in [2.05, 4.69) is 0 Å². The molecule has 3 nitrogen and oxygen atoms in total. The highest BCUT2D eigenvalue weighted by Gasteiger charge is 2.26. The smallest absolute Gasteiger partial charge is 0.206 e. The molecule has 0 aromatic heterocycles. The van der Waals surface area contributed by atoms with Crippen molar-refractivity contribution >= 4 is 9.84 Å². The van der Waals surface area contributed by atoms with Gasteiger partial charge in [0.15, 0.2) is 0 Å². The molecule has 1 aliphatic carbocycles. The Morgan fingerprint density at radius 3 is 2.44 bits per heavy atom. The van der Waals surface area contributed by atoms with Gasteiger partial charge in [-0.3, -0.25) is 0 Å². The minimum atomic E-state index is -3.39. The van der Waals surface area contributed by atoms with Crippen molar-refractivity contribution in [3.63, 3.8) is 0 Å². The molecular weight excluding hydrogens is 248 g/mol. The average Bonchev–Trinajstić information content (AvgIpc) is 2.88. The van der Waals surface area contributed by atoms with E-state index in [4.69, 9.17) is 4.74 Å². The molecule has 4 heteroatoms. The number of allylic oxidation sites excluding steroid dienone is 3. The standard InChI is InChI=1S/C14H16O3S/c1-3-11-5-4-6-14(11)18(15,16)13-9-7-12(17-2)8-10-13/h3,6-10H,4-5H2,1-2H3/b11-3+. The van der Waals surface area contributed by atoms with Gasteiger partial charge < -0.3 is 4.74 Å². The monoisotopic (exact) mass is 264 g/mol. The van der Waals surface area contributed by atoms with Gasteiger partial charge in [-0.2, -0.15) is 0 Å². The predicted molar refractivity (Wildman–Crippen MR) is 71.3 cm³/mol. The van der Waals surface area contributed by atoms with Gasteiger partial charge >= 0.3 is 0 Å². The maximum absolute atomic E-state index is 12.5. The Balaban J connectivity index is 2.42. The zero-order valence-corrected chi connectivity index (χ0v) is 11.3. The molecule has 1 aromatic rings. The van der Waals surface area contributed by atoms with Crippen LogP contribution in [-0.4, -0.2) is 15.5 Å². The van der Waals surface area contributed by atoms with E-state index in [1.54, 1.807) is 37.5 Å². The summed E-state index contributed by atoms with van der Waals surface area (Å²) in [6.07, 6.45) is 5.28. The van der Waals surface area contributed by atoms with E-state index < -0.39 is 9.84 Å². The number of ether oxygens (including phenoxy) is 1. The summed E-state index contributed by atoms with van der Waals surface area (Å²) in [6.45, 7) is 1.87. The molecule has 0 atom stereocenters. The molecule has 1 aromatic carbocycles. The van der Waals surface area contributed by atoms with E-state index in [1.165, 1.54) is 0 Å². The second kappa shape index (κ2) is 4.98. The Kier molecular flexibility index (Phi) is 3.57. The van der Waals surface area contributed by atoms with Crippen LogP contribution in [0.25, 0.3) is 0 Å². The largest absolute Gasteiger partial charge is 0.497 e. The number of methoxy groups -OCH3 is 1. The first-order chi connectivity index (χ1) is 8.59. The highest BCUT2D eigenvalue weighted by atomic mass is 32.2. The van der Waals surface area contributed by atoms with Crippen LogP contribution in [0.5, 0.6) is 5.75 Å². The van der Waals surface area contributed by atoms with Gasteiger partial charge in [0.25, 0.3) is 0 Å². The fraction of sp³-hybridized carbons (Fsp3) is 0.286. The zero-order chi connectivity index (χ0) is 13.2. The lowest BCUT2D eigenvalue weighted by Gasteiger charge is -2.08. The van der Waals surface area contributed by atoms with Gasteiger partial charge in [-0.25, -0.2) is 8.42 Å². The van der Waals surface area contributed by atoms with Crippen molar-refractivity contribution in [2.75, 3.05) is 7.11 Å². The molecule has 0 heterocycles. The van der Waals surface area contributed by atoms with Crippen molar-refractivity contribution in [2.24, 2.45) is 0 Å². The van der Waals surface area contributed by atoms with E-state index >= 15 is 0 Å². The molecule has 0 saturated heterocycles. The summed E-state index contributed by atoms with van der Waals surface area (Å²) in [4.78, 5) is 0.769. The van der Waals surface area contributed by atoms with E-state index in [1.807, 2.05) is 13.0 Å². The molecule has 0 spiro atoms. The summed E-state index contributed by atoms with van der Waals surface area (Å²) in [5.74, 6) is 0.653. The summed E-state index contributed by atoms with van der Waals surface area (Å²) in [5, 5.41) is 0. The van der Waals surface area contributed by atoms with Crippen molar-refractivity contribution in [2.45, 2.75) is 24.7 Å². The molecule has 96 valence electrons. The Hall–Kier alpha value is -1.55. The van der Waals surface area contributed by atoms with Crippen LogP contribution >= 0.6 is 0 Å². The minimum Gasteiger partial charge on any atom is -0.497 e. The Morgan fingerprint density at radius 2 is 1.89 bits per heavy atom. The lowest BCUT2D eigenvalue weighted by atomic mass is 10.2. The molecule has 0 aliphatic heterocycles. The molecule has 1 aliphatic rings. The van der Waals surface area contributed by atoms with Crippen molar-refractivity contribution in [3.05, 3.63) is 46.9 Å². The number of rotatable bonds is 3. The molecule has 18 heavy (non-hydrogen) atoms. The van der Waals surface area contributed by atoms with Crippen molar-refractivity contribution in [1.82, 2.24) is 0 Å². The average molecular weight is 264 g/mol. The van der Waals surface area contributed by atoms with Gasteiger partial charge in [-0.05, 0) is 49.6 Å². The Bertz CT molecular complexity index is 592. The predicted octanol–water partition coefficient (Wildman–Crippen LogP) is 3.09. The molecule has 2 rings (SSSR count). The summed E-state index contributed by atoms with van der Waals surface area (Å²) < 4.78 is 29.9. The summed E-state index contributed by atoms with van der Waals surface area (Å²) in [5.41, 5.74) is 0.908. The van der Waals surface area contributed by atoms with Crippen LogP contribution in [0.3, 0.4) is 0 Å². The van der Waals surface area contributed by atoms with Gasteiger partial charge in [0.2, 0.25) is 9.84 Å². The molecule has 0 saturated carbocycles. The van der Waals surface area contributed by atoms with E-state index in [9.17, 15) is 8.42 Å². The Morgan fingerprint density at radius 1 is 1.22 bits per heavy atom. The number of benzene rings is 1. The fourth-order valence-electron chi connectivity index (χ4n) is 2.06. The van der Waals surface area contributed by atoms with Gasteiger partial charge in [-0.1, -0.05) is 12.2 Å². The quantitative estimate of drug-likeness (QED) is 0.842. The van der Waals surface area contributed by atoms with Crippen LogP contribution in [0.15, 0.2) is 51.8 Å². The van der Waals surface area contributed by atoms with Crippen molar-refractivity contribution in [1.29, 1.82) is 0 Å². The van der Waals surface area contributed by atoms with Crippen LogP contribution in [-0.2, 0) is 9.84 Å². The first kappa shape index (κ1) is 12.9. The van der Waals surface area contributed by atoms with Crippen LogP contribution in [0.1, 0.15) is 19.8 Å². The highest BCUT2D eigenvalue weighted by molar-refractivity contribution is 7.95. The molecule has 0 N–H and O–H groups in total. The van der Waals surface area contributed by atoms with E-state index in [-0.39, 0.29) is 0 Å². The van der Waals surface area contributed by atoms with Crippen LogP contribution in [0, 0.1) is 0 Å². The first-order valence-electron chi connectivity index (χ1n) is 5.84. The molecule has 0 fully saturated rings. The van der Waals surface area contributed by atoms with Crippen LogP contribution in [0.2, 0.25) is 0 Å². The first-order valence-corrected chi connectivity index (χ1v) is 7.32. The maximum atomic E-state index is 12.5. The minimum absolute atomic E-state index is 0.316. The normalized spacial score (nSPS) is 17.9. The third kappa shape index (κ3) is 2.20. The lowest BCUT2D eigenvalue weighted by Crippen LogP contribution is -2.04. The summed E-state index contributed by atoms with van der Waals surface area (Å²) in [6, 6.07) is 6.50. The fourth-order valence-corrected chi connectivity index (χ4v) is 3.71. The molecule has 0 unspecified atom stereocenters. The molecule has 0 bridgehead atoms. The third-order valence-electron chi connectivity index (χ3n) is 3.07. The van der Waals surface area contributed by atoms with Gasteiger partial charge in [0.1, 0.15) is 5.75 Å². The molecular formula is C14H16O3S. The second-order valence-corrected chi connectivity index (χ2v) is 6.02. The third-order valence-corrected chi connectivity index (χ3v) is 4.97. The van der Waals surface area contributed by atoms with E-state index in [0.29, 0.717) is 15.6 Å². The van der Waals surface area contributed by atoms with Gasteiger partial charge in [-0.15, -0.1) is 0 Å². The topological polar surface area (TPSA) is 43.4 Å². The lowest BCUT2D eigenvalue weighted by molar-refractivity contribution is 0.414. The number of hydrogen-bond donors (Lipinski definition) is 0. The van der Waals surface area contributed by atoms with Crippen molar-refractivity contribution in [3.8, 4) is 5.75 Å². The van der Waals surface area contributed by atoms with Crippen LogP contribution < -0.4 is 4.74 Å².